The zero-order valence-corrected chi connectivity index (χ0v) is 17.4. The average molecular weight is 411 g/mol. The maximum atomic E-state index is 12.0. The monoisotopic (exact) mass is 410 g/mol. The van der Waals surface area contributed by atoms with Crippen molar-refractivity contribution >= 4 is 23.7 Å². The van der Waals surface area contributed by atoms with E-state index in [1.54, 1.807) is 4.68 Å². The molecule has 3 rings (SSSR count). The molecule has 150 valence electrons. The molecule has 0 bridgehead atoms. The normalized spacial score (nSPS) is 11.0. The Morgan fingerprint density at radius 1 is 1.17 bits per heavy atom. The lowest BCUT2D eigenvalue weighted by Gasteiger charge is -2.07. The molecule has 0 radical (unpaired) electrons. The third-order valence-corrected chi connectivity index (χ3v) is 4.63. The summed E-state index contributed by atoms with van der Waals surface area (Å²) in [6.45, 7) is 6.24. The van der Waals surface area contributed by atoms with Crippen molar-refractivity contribution in [3.63, 3.8) is 0 Å². The number of aromatic nitrogens is 2. The minimum Gasteiger partial charge on any atom is -0.484 e. The molecule has 2 aromatic carbocycles. The summed E-state index contributed by atoms with van der Waals surface area (Å²) < 4.78 is 7.23. The van der Waals surface area contributed by atoms with E-state index in [0.717, 1.165) is 22.4 Å². The van der Waals surface area contributed by atoms with E-state index < -0.39 is 0 Å². The van der Waals surface area contributed by atoms with E-state index in [0.29, 0.717) is 23.0 Å². The van der Waals surface area contributed by atoms with Gasteiger partial charge in [0.05, 0.1) is 24.0 Å². The standard InChI is InChI=1S/C22H23ClN4O2/c1-15-9-16(2)11-19(10-15)29-14-21(28)25-24-12-20-17(3)26-27(22(20)23)13-18-7-5-4-6-8-18/h4-12H,13-14H2,1-3H3,(H,25,28)/b24-12+. The molecule has 1 amide bonds. The number of carbonyl (C=O) groups is 1. The SMILES string of the molecule is Cc1cc(C)cc(OCC(=O)N/N=C/c2c(C)nn(Cc3ccccc3)c2Cl)c1. The van der Waals surface area contributed by atoms with Crippen molar-refractivity contribution in [3.05, 3.63) is 81.6 Å². The zero-order chi connectivity index (χ0) is 20.8. The first-order chi connectivity index (χ1) is 13.9. The maximum absolute atomic E-state index is 12.0. The number of amides is 1. The lowest BCUT2D eigenvalue weighted by Crippen LogP contribution is -2.24. The first kappa shape index (κ1) is 20.6. The highest BCUT2D eigenvalue weighted by Crippen LogP contribution is 2.19. The van der Waals surface area contributed by atoms with Gasteiger partial charge in [-0.15, -0.1) is 0 Å². The summed E-state index contributed by atoms with van der Waals surface area (Å²) >= 11 is 6.44. The van der Waals surface area contributed by atoms with Gasteiger partial charge in [-0.3, -0.25) is 4.79 Å². The second kappa shape index (κ2) is 9.39. The van der Waals surface area contributed by atoms with Crippen molar-refractivity contribution in [1.82, 2.24) is 15.2 Å². The highest BCUT2D eigenvalue weighted by molar-refractivity contribution is 6.32. The fraction of sp³-hybridized carbons (Fsp3) is 0.227. The summed E-state index contributed by atoms with van der Waals surface area (Å²) in [5.41, 5.74) is 7.10. The number of ether oxygens (including phenoxy) is 1. The molecule has 0 unspecified atom stereocenters. The summed E-state index contributed by atoms with van der Waals surface area (Å²) in [5.74, 6) is 0.300. The Balaban J connectivity index is 1.57. The van der Waals surface area contributed by atoms with Crippen LogP contribution in [0.15, 0.2) is 53.6 Å². The predicted molar refractivity (Wildman–Crippen MR) is 115 cm³/mol. The Hall–Kier alpha value is -3.12. The number of hydrazone groups is 1. The van der Waals surface area contributed by atoms with Crippen LogP contribution in [0.25, 0.3) is 0 Å². The molecule has 3 aromatic rings. The van der Waals surface area contributed by atoms with Crippen LogP contribution in [0.3, 0.4) is 0 Å². The van der Waals surface area contributed by atoms with Crippen molar-refractivity contribution in [2.45, 2.75) is 27.3 Å². The van der Waals surface area contributed by atoms with Gasteiger partial charge in [0.2, 0.25) is 0 Å². The number of halogens is 1. The van der Waals surface area contributed by atoms with Gasteiger partial charge in [0.25, 0.3) is 5.91 Å². The molecule has 0 saturated heterocycles. The molecular formula is C22H23ClN4O2. The topological polar surface area (TPSA) is 68.5 Å². The maximum Gasteiger partial charge on any atom is 0.277 e. The molecule has 0 aliphatic rings. The molecule has 0 atom stereocenters. The van der Waals surface area contributed by atoms with Crippen LogP contribution in [0, 0.1) is 20.8 Å². The summed E-state index contributed by atoms with van der Waals surface area (Å²) in [6.07, 6.45) is 1.50. The number of carbonyl (C=O) groups excluding carboxylic acids is 1. The fourth-order valence-electron chi connectivity index (χ4n) is 2.94. The molecular weight excluding hydrogens is 388 g/mol. The lowest BCUT2D eigenvalue weighted by atomic mass is 10.1. The van der Waals surface area contributed by atoms with Crippen molar-refractivity contribution in [3.8, 4) is 5.75 Å². The largest absolute Gasteiger partial charge is 0.484 e. The number of benzene rings is 2. The van der Waals surface area contributed by atoms with Crippen LogP contribution in [-0.2, 0) is 11.3 Å². The summed E-state index contributed by atoms with van der Waals surface area (Å²) in [4.78, 5) is 12.0. The molecule has 0 aliphatic heterocycles. The van der Waals surface area contributed by atoms with Gasteiger partial charge in [-0.1, -0.05) is 48.0 Å². The molecule has 29 heavy (non-hydrogen) atoms. The quantitative estimate of drug-likeness (QED) is 0.472. The fourth-order valence-corrected chi connectivity index (χ4v) is 3.22. The second-order valence-electron chi connectivity index (χ2n) is 6.84. The van der Waals surface area contributed by atoms with E-state index in [2.05, 4.69) is 15.6 Å². The van der Waals surface area contributed by atoms with Crippen molar-refractivity contribution in [1.29, 1.82) is 0 Å². The average Bonchev–Trinajstić information content (AvgIpc) is 2.94. The van der Waals surface area contributed by atoms with Gasteiger partial charge in [0, 0.05) is 0 Å². The molecule has 1 aromatic heterocycles. The Bertz CT molecular complexity index is 1010. The van der Waals surface area contributed by atoms with Crippen LogP contribution in [0.2, 0.25) is 5.15 Å². The van der Waals surface area contributed by atoms with E-state index in [9.17, 15) is 4.79 Å². The Labute approximate surface area is 175 Å². The van der Waals surface area contributed by atoms with Crippen LogP contribution < -0.4 is 10.2 Å². The number of aryl methyl sites for hydroxylation is 3. The second-order valence-corrected chi connectivity index (χ2v) is 7.20. The van der Waals surface area contributed by atoms with Gasteiger partial charge in [-0.25, -0.2) is 10.1 Å². The molecule has 1 heterocycles. The van der Waals surface area contributed by atoms with Gasteiger partial charge >= 0.3 is 0 Å². The molecule has 0 saturated carbocycles. The zero-order valence-electron chi connectivity index (χ0n) is 16.6. The molecule has 0 spiro atoms. The first-order valence-corrected chi connectivity index (χ1v) is 9.60. The smallest absolute Gasteiger partial charge is 0.277 e. The Morgan fingerprint density at radius 2 is 1.86 bits per heavy atom. The van der Waals surface area contributed by atoms with E-state index in [-0.39, 0.29) is 12.5 Å². The third-order valence-electron chi connectivity index (χ3n) is 4.23. The minimum absolute atomic E-state index is 0.125. The van der Waals surface area contributed by atoms with Crippen LogP contribution in [-0.4, -0.2) is 28.5 Å². The Kier molecular flexibility index (Phi) is 6.67. The lowest BCUT2D eigenvalue weighted by molar-refractivity contribution is -0.123. The molecule has 0 fully saturated rings. The van der Waals surface area contributed by atoms with E-state index in [1.807, 2.05) is 69.3 Å². The van der Waals surface area contributed by atoms with Crippen molar-refractivity contribution < 1.29 is 9.53 Å². The van der Waals surface area contributed by atoms with Crippen molar-refractivity contribution in [2.24, 2.45) is 5.10 Å². The van der Waals surface area contributed by atoms with Crippen LogP contribution in [0.4, 0.5) is 0 Å². The summed E-state index contributed by atoms with van der Waals surface area (Å²) in [7, 11) is 0. The minimum atomic E-state index is -0.356. The Morgan fingerprint density at radius 3 is 2.55 bits per heavy atom. The van der Waals surface area contributed by atoms with Crippen LogP contribution in [0.1, 0.15) is 27.9 Å². The van der Waals surface area contributed by atoms with Crippen LogP contribution >= 0.6 is 11.6 Å². The number of nitrogens with one attached hydrogen (secondary N) is 1. The van der Waals surface area contributed by atoms with Gasteiger partial charge in [-0.2, -0.15) is 10.2 Å². The first-order valence-electron chi connectivity index (χ1n) is 9.22. The van der Waals surface area contributed by atoms with E-state index >= 15 is 0 Å². The summed E-state index contributed by atoms with van der Waals surface area (Å²) in [6, 6.07) is 15.7. The number of nitrogens with zero attached hydrogens (tertiary/aromatic N) is 3. The molecule has 0 aliphatic carbocycles. The van der Waals surface area contributed by atoms with E-state index in [1.165, 1.54) is 6.21 Å². The van der Waals surface area contributed by atoms with Crippen molar-refractivity contribution in [2.75, 3.05) is 6.61 Å². The molecule has 1 N–H and O–H groups in total. The molecule has 6 nitrogen and oxygen atoms in total. The third kappa shape index (κ3) is 5.68. The predicted octanol–water partition coefficient (Wildman–Crippen LogP) is 4.04. The number of rotatable bonds is 7. The molecule has 7 heteroatoms. The van der Waals surface area contributed by atoms with Gasteiger partial charge < -0.3 is 4.74 Å². The number of hydrogen-bond acceptors (Lipinski definition) is 4. The highest BCUT2D eigenvalue weighted by Gasteiger charge is 2.12. The highest BCUT2D eigenvalue weighted by atomic mass is 35.5. The van der Waals surface area contributed by atoms with E-state index in [4.69, 9.17) is 16.3 Å². The summed E-state index contributed by atoms with van der Waals surface area (Å²) in [5, 5.41) is 8.91. The van der Waals surface area contributed by atoms with Crippen LogP contribution in [0.5, 0.6) is 5.75 Å². The number of hydrogen-bond donors (Lipinski definition) is 1. The van der Waals surface area contributed by atoms with Gasteiger partial charge in [-0.05, 0) is 49.6 Å². The van der Waals surface area contributed by atoms with Gasteiger partial charge in [0.1, 0.15) is 10.9 Å². The van der Waals surface area contributed by atoms with Gasteiger partial charge in [0.15, 0.2) is 6.61 Å².